The Bertz CT molecular complexity index is 2790. The van der Waals surface area contributed by atoms with Crippen LogP contribution >= 0.6 is 0 Å². The zero-order valence-electron chi connectivity index (χ0n) is 46.0. The first-order valence-corrected chi connectivity index (χ1v) is 25.8. The van der Waals surface area contributed by atoms with Crippen LogP contribution in [-0.2, 0) is 32.5 Å². The minimum Gasteiger partial charge on any atom is -0.0579 e. The van der Waals surface area contributed by atoms with E-state index in [1.807, 2.05) is 0 Å². The van der Waals surface area contributed by atoms with Crippen LogP contribution < -0.4 is 0 Å². The molecule has 8 aromatic rings. The van der Waals surface area contributed by atoms with E-state index in [0.717, 1.165) is 0 Å². The summed E-state index contributed by atoms with van der Waals surface area (Å²) >= 11 is 0. The second kappa shape index (κ2) is 18.0. The van der Waals surface area contributed by atoms with Gasteiger partial charge in [0.25, 0.3) is 0 Å². The Morgan fingerprint density at radius 2 is 0.357 bits per heavy atom. The third-order valence-corrected chi connectivity index (χ3v) is 14.6. The summed E-state index contributed by atoms with van der Waals surface area (Å²) in [5.41, 5.74) is 22.9. The molecular formula is C70H80. The molecule has 0 heterocycles. The van der Waals surface area contributed by atoms with Gasteiger partial charge in [-0.05, 0) is 204 Å². The first-order valence-electron chi connectivity index (χ1n) is 25.8. The lowest BCUT2D eigenvalue weighted by molar-refractivity contribution is 0.589. The number of fused-ring (bicyclic) bond motifs is 1. The maximum absolute atomic E-state index is 2.50. The maximum Gasteiger partial charge on any atom is -0.00960 e. The third-order valence-electron chi connectivity index (χ3n) is 14.6. The smallest absolute Gasteiger partial charge is 0.00960 e. The predicted octanol–water partition coefficient (Wildman–Crippen LogP) is 20.6. The molecule has 0 amide bonds. The second-order valence-electron chi connectivity index (χ2n) is 26.6. The van der Waals surface area contributed by atoms with Crippen LogP contribution in [0.25, 0.3) is 77.5 Å². The van der Waals surface area contributed by atoms with E-state index in [9.17, 15) is 0 Å². The van der Waals surface area contributed by atoms with E-state index in [1.165, 1.54) is 111 Å². The molecule has 0 saturated heterocycles. The molecule has 360 valence electrons. The minimum absolute atomic E-state index is 0.0726. The average Bonchev–Trinajstić information content (AvgIpc) is 3.29. The fourth-order valence-corrected chi connectivity index (χ4v) is 9.69. The number of hydrogen-bond acceptors (Lipinski definition) is 0. The minimum atomic E-state index is -0.106. The maximum atomic E-state index is 2.50. The zero-order valence-corrected chi connectivity index (χ0v) is 46.0. The van der Waals surface area contributed by atoms with Gasteiger partial charge in [-0.1, -0.05) is 222 Å². The highest BCUT2D eigenvalue weighted by Crippen LogP contribution is 2.46. The number of rotatable bonds is 6. The van der Waals surface area contributed by atoms with Gasteiger partial charge in [0.05, 0.1) is 0 Å². The van der Waals surface area contributed by atoms with Crippen molar-refractivity contribution in [3.05, 3.63) is 191 Å². The van der Waals surface area contributed by atoms with E-state index < -0.39 is 0 Å². The van der Waals surface area contributed by atoms with Gasteiger partial charge in [-0.3, -0.25) is 0 Å². The first-order chi connectivity index (χ1) is 32.4. The molecule has 0 radical (unpaired) electrons. The van der Waals surface area contributed by atoms with Gasteiger partial charge in [0.1, 0.15) is 0 Å². The molecule has 0 nitrogen and oxygen atoms in total. The van der Waals surface area contributed by atoms with Gasteiger partial charge in [0, 0.05) is 0 Å². The second-order valence-corrected chi connectivity index (χ2v) is 26.6. The van der Waals surface area contributed by atoms with E-state index in [2.05, 4.69) is 282 Å². The van der Waals surface area contributed by atoms with E-state index in [-0.39, 0.29) is 32.5 Å². The summed E-state index contributed by atoms with van der Waals surface area (Å²) in [5.74, 6) is 0. The van der Waals surface area contributed by atoms with E-state index in [4.69, 9.17) is 0 Å². The standard InChI is InChI=1S/C70H80/c1-65(2,3)55-27-19-45(20-28-55)49-35-50(46-21-29-56(30-22-46)66(4,5)6)38-53(37-49)61-41-59(69(13,14)15)44-64-62(42-60(43-63(61)64)70(16,17)18)54-39-51(47-23-31-57(32-24-47)67(7,8)9)36-52(40-54)48-25-33-58(34-26-48)68(10,11)12/h19-44H,1-18H3. The largest absolute Gasteiger partial charge is 0.0579 e. The Hall–Kier alpha value is -5.98. The van der Waals surface area contributed by atoms with E-state index >= 15 is 0 Å². The lowest BCUT2D eigenvalue weighted by atomic mass is 9.78. The quantitative estimate of drug-likeness (QED) is 0.156. The molecule has 0 atom stereocenters. The lowest BCUT2D eigenvalue weighted by Gasteiger charge is -2.26. The summed E-state index contributed by atoms with van der Waals surface area (Å²) in [5, 5.41) is 2.56. The SMILES string of the molecule is CC(C)(C)c1ccc(-c2cc(-c3ccc(C(C)(C)C)cc3)cc(-c3cc(C(C)(C)C)cc4c(-c5cc(-c6ccc(C(C)(C)C)cc6)cc(-c6ccc(C(C)(C)C)cc6)c5)cc(C(C)(C)C)cc34)c2)cc1. The molecule has 8 rings (SSSR count). The molecule has 70 heavy (non-hydrogen) atoms. The van der Waals surface area contributed by atoms with Crippen molar-refractivity contribution in [2.75, 3.05) is 0 Å². The normalized spacial score (nSPS) is 13.0. The van der Waals surface area contributed by atoms with Gasteiger partial charge in [0.2, 0.25) is 0 Å². The van der Waals surface area contributed by atoms with Gasteiger partial charge >= 0.3 is 0 Å². The van der Waals surface area contributed by atoms with Gasteiger partial charge in [-0.25, -0.2) is 0 Å². The third kappa shape index (κ3) is 10.8. The number of benzene rings is 8. The Kier molecular flexibility index (Phi) is 13.0. The predicted molar refractivity (Wildman–Crippen MR) is 309 cm³/mol. The summed E-state index contributed by atoms with van der Waals surface area (Å²) in [6, 6.07) is 61.7. The van der Waals surface area contributed by atoms with Crippen LogP contribution in [0.2, 0.25) is 0 Å². The zero-order chi connectivity index (χ0) is 50.9. The molecule has 0 fully saturated rings. The van der Waals surface area contributed by atoms with Crippen LogP contribution in [0.4, 0.5) is 0 Å². The van der Waals surface area contributed by atoms with Gasteiger partial charge < -0.3 is 0 Å². The van der Waals surface area contributed by atoms with Gasteiger partial charge in [0.15, 0.2) is 0 Å². The van der Waals surface area contributed by atoms with Crippen molar-refractivity contribution >= 4 is 10.8 Å². The highest BCUT2D eigenvalue weighted by atomic mass is 14.3. The van der Waals surface area contributed by atoms with Crippen LogP contribution in [0.5, 0.6) is 0 Å². The van der Waals surface area contributed by atoms with Gasteiger partial charge in [-0.2, -0.15) is 0 Å². The highest BCUT2D eigenvalue weighted by molar-refractivity contribution is 6.07. The van der Waals surface area contributed by atoms with E-state index in [1.54, 1.807) is 0 Å². The molecule has 0 unspecified atom stereocenters. The molecule has 8 aromatic carbocycles. The van der Waals surface area contributed by atoms with Crippen LogP contribution in [0.15, 0.2) is 158 Å². The van der Waals surface area contributed by atoms with Crippen molar-refractivity contribution < 1.29 is 0 Å². The fourth-order valence-electron chi connectivity index (χ4n) is 9.69. The van der Waals surface area contributed by atoms with Crippen LogP contribution in [-0.4, -0.2) is 0 Å². The molecule has 0 aliphatic heterocycles. The molecule has 0 aliphatic rings. The van der Waals surface area contributed by atoms with Crippen molar-refractivity contribution in [1.82, 2.24) is 0 Å². The average molecular weight is 921 g/mol. The fraction of sp³-hybridized carbons (Fsp3) is 0.343. The first kappa shape index (κ1) is 50.4. The molecule has 0 heteroatoms. The molecule has 0 aromatic heterocycles. The van der Waals surface area contributed by atoms with Crippen molar-refractivity contribution in [2.24, 2.45) is 0 Å². The molecule has 0 N–H and O–H groups in total. The summed E-state index contributed by atoms with van der Waals surface area (Å²) < 4.78 is 0. The summed E-state index contributed by atoms with van der Waals surface area (Å²) in [7, 11) is 0. The van der Waals surface area contributed by atoms with Crippen LogP contribution in [0, 0.1) is 0 Å². The topological polar surface area (TPSA) is 0 Å². The Balaban J connectivity index is 1.44. The van der Waals surface area contributed by atoms with Crippen LogP contribution in [0.3, 0.4) is 0 Å². The highest BCUT2D eigenvalue weighted by Gasteiger charge is 2.25. The monoisotopic (exact) mass is 921 g/mol. The molecule has 0 aliphatic carbocycles. The van der Waals surface area contributed by atoms with E-state index in [0.29, 0.717) is 0 Å². The van der Waals surface area contributed by atoms with Crippen LogP contribution in [0.1, 0.15) is 158 Å². The Labute approximate surface area is 423 Å². The molecular weight excluding hydrogens is 841 g/mol. The summed E-state index contributed by atoms with van der Waals surface area (Å²) in [6.45, 7) is 41.7. The Morgan fingerprint density at radius 3 is 0.543 bits per heavy atom. The summed E-state index contributed by atoms with van der Waals surface area (Å²) in [4.78, 5) is 0. The van der Waals surface area contributed by atoms with Crippen molar-refractivity contribution in [3.63, 3.8) is 0 Å². The Morgan fingerprint density at radius 1 is 0.171 bits per heavy atom. The summed E-state index contributed by atoms with van der Waals surface area (Å²) in [6.07, 6.45) is 0. The van der Waals surface area contributed by atoms with Crippen molar-refractivity contribution in [1.29, 1.82) is 0 Å². The molecule has 0 saturated carbocycles. The van der Waals surface area contributed by atoms with Gasteiger partial charge in [-0.15, -0.1) is 0 Å². The number of hydrogen-bond donors (Lipinski definition) is 0. The molecule has 0 spiro atoms. The van der Waals surface area contributed by atoms with Crippen molar-refractivity contribution in [3.8, 4) is 66.8 Å². The van der Waals surface area contributed by atoms with Crippen molar-refractivity contribution in [2.45, 2.75) is 157 Å². The molecule has 0 bridgehead atoms. The lowest BCUT2D eigenvalue weighted by Crippen LogP contribution is -2.13.